The van der Waals surface area contributed by atoms with Crippen LogP contribution in [0.25, 0.3) is 6.08 Å². The Labute approximate surface area is 289 Å². The molecule has 4 amide bonds. The standard InChI is InChI=1S/C36H29ClFIN2O6/c1-36-25(12-3-18-4-14-29(42)30(15-18)47-2)22-10-11-23-31(34(45)40(32(23)43)20-7-5-19(39)6-8-20)24(22)17-26(36)33(44)41(35(36)46)21-9-13-28(38)27(37)16-21/h3-10,12-16,23-26,31,42H,11,17H2,1-2H3/t23-,24+,25-,26-,31-,36-/m0/s1. The van der Waals surface area contributed by atoms with E-state index >= 15 is 0 Å². The van der Waals surface area contributed by atoms with Gasteiger partial charge in [-0.05, 0) is 108 Å². The van der Waals surface area contributed by atoms with E-state index in [1.807, 2.05) is 24.3 Å². The van der Waals surface area contributed by atoms with Crippen molar-refractivity contribution >= 4 is 75.3 Å². The van der Waals surface area contributed by atoms with Crippen LogP contribution < -0.4 is 14.5 Å². The molecule has 11 heteroatoms. The number of aromatic hydroxyl groups is 1. The Balaban J connectivity index is 1.33. The molecule has 1 N–H and O–H groups in total. The largest absolute Gasteiger partial charge is 0.504 e. The monoisotopic (exact) mass is 766 g/mol. The molecule has 2 aliphatic heterocycles. The van der Waals surface area contributed by atoms with Crippen molar-refractivity contribution in [3.05, 3.63) is 98.4 Å². The van der Waals surface area contributed by atoms with Crippen molar-refractivity contribution < 1.29 is 33.4 Å². The number of nitrogens with zero attached hydrogens (tertiary/aromatic N) is 2. The predicted molar refractivity (Wildman–Crippen MR) is 182 cm³/mol. The molecule has 1 saturated carbocycles. The molecule has 0 radical (unpaired) electrons. The summed E-state index contributed by atoms with van der Waals surface area (Å²) in [6.07, 6.45) is 6.15. The lowest BCUT2D eigenvalue weighted by atomic mass is 9.52. The number of rotatable bonds is 5. The van der Waals surface area contributed by atoms with Crippen LogP contribution in [0.5, 0.6) is 11.5 Å². The van der Waals surface area contributed by atoms with E-state index in [1.165, 1.54) is 30.2 Å². The van der Waals surface area contributed by atoms with E-state index in [2.05, 4.69) is 22.6 Å². The number of ether oxygens (including phenoxy) is 1. The molecule has 3 aromatic carbocycles. The first-order valence-electron chi connectivity index (χ1n) is 15.2. The van der Waals surface area contributed by atoms with Crippen LogP contribution in [-0.2, 0) is 19.2 Å². The number of anilines is 2. The summed E-state index contributed by atoms with van der Waals surface area (Å²) in [6.45, 7) is 1.76. The fraction of sp³-hybridized carbons (Fsp3) is 0.278. The summed E-state index contributed by atoms with van der Waals surface area (Å²) in [7, 11) is 1.45. The highest BCUT2D eigenvalue weighted by Gasteiger charge is 2.67. The van der Waals surface area contributed by atoms with E-state index in [-0.39, 0.29) is 40.4 Å². The van der Waals surface area contributed by atoms with Gasteiger partial charge in [-0.2, -0.15) is 0 Å². The molecule has 7 rings (SSSR count). The number of phenols is 1. The average molecular weight is 767 g/mol. The van der Waals surface area contributed by atoms with E-state index < -0.39 is 52.6 Å². The first-order valence-corrected chi connectivity index (χ1v) is 16.6. The molecule has 2 heterocycles. The molecule has 4 aliphatic rings. The molecule has 0 bridgehead atoms. The number of phenolic OH excluding ortho intramolecular Hbond substituents is 1. The number of imide groups is 2. The zero-order valence-electron chi connectivity index (χ0n) is 25.3. The van der Waals surface area contributed by atoms with Crippen molar-refractivity contribution in [2.75, 3.05) is 16.9 Å². The number of amides is 4. The molecular formula is C36H29ClFIN2O6. The first kappa shape index (κ1) is 31.6. The summed E-state index contributed by atoms with van der Waals surface area (Å²) in [6, 6.07) is 15.8. The molecular weight excluding hydrogens is 738 g/mol. The highest BCUT2D eigenvalue weighted by Crippen LogP contribution is 2.61. The van der Waals surface area contributed by atoms with Crippen LogP contribution in [0, 0.1) is 44.4 Å². The number of fused-ring (bicyclic) bond motifs is 4. The topological polar surface area (TPSA) is 104 Å². The summed E-state index contributed by atoms with van der Waals surface area (Å²) in [5.41, 5.74) is 0.928. The number of methoxy groups -OCH3 is 1. The van der Waals surface area contributed by atoms with Crippen molar-refractivity contribution in [2.45, 2.75) is 19.8 Å². The Morgan fingerprint density at radius 2 is 1.68 bits per heavy atom. The third-order valence-electron chi connectivity index (χ3n) is 10.3. The van der Waals surface area contributed by atoms with Crippen LogP contribution in [0.3, 0.4) is 0 Å². The average Bonchev–Trinajstić information content (AvgIpc) is 3.42. The van der Waals surface area contributed by atoms with Gasteiger partial charge in [-0.3, -0.25) is 24.1 Å². The van der Waals surface area contributed by atoms with Crippen molar-refractivity contribution in [2.24, 2.45) is 35.0 Å². The molecule has 2 aliphatic carbocycles. The Hall–Kier alpha value is -4.03. The highest BCUT2D eigenvalue weighted by molar-refractivity contribution is 14.1. The van der Waals surface area contributed by atoms with Crippen molar-refractivity contribution in [3.63, 3.8) is 0 Å². The molecule has 47 heavy (non-hydrogen) atoms. The lowest BCUT2D eigenvalue weighted by Gasteiger charge is -2.47. The van der Waals surface area contributed by atoms with Crippen LogP contribution in [0.1, 0.15) is 25.3 Å². The van der Waals surface area contributed by atoms with Gasteiger partial charge in [0.1, 0.15) is 5.82 Å². The van der Waals surface area contributed by atoms with Crippen molar-refractivity contribution in [1.29, 1.82) is 0 Å². The zero-order chi connectivity index (χ0) is 33.4. The van der Waals surface area contributed by atoms with E-state index in [0.717, 1.165) is 20.1 Å². The van der Waals surface area contributed by atoms with E-state index in [4.69, 9.17) is 16.3 Å². The molecule has 0 aromatic heterocycles. The number of benzene rings is 3. The van der Waals surface area contributed by atoms with Crippen LogP contribution in [0.2, 0.25) is 5.02 Å². The maximum atomic E-state index is 14.4. The van der Waals surface area contributed by atoms with Gasteiger partial charge in [0.25, 0.3) is 0 Å². The number of halogens is 3. The first-order chi connectivity index (χ1) is 22.4. The number of hydrogen-bond acceptors (Lipinski definition) is 6. The van der Waals surface area contributed by atoms with Crippen LogP contribution in [-0.4, -0.2) is 35.8 Å². The highest BCUT2D eigenvalue weighted by atomic mass is 127. The van der Waals surface area contributed by atoms with Crippen molar-refractivity contribution in [3.8, 4) is 11.5 Å². The fourth-order valence-corrected chi connectivity index (χ4v) is 8.47. The van der Waals surface area contributed by atoms with Crippen LogP contribution >= 0.6 is 34.2 Å². The second kappa shape index (κ2) is 11.6. The number of carbonyl (C=O) groups excluding carboxylic acids is 4. The van der Waals surface area contributed by atoms with E-state index in [9.17, 15) is 28.7 Å². The Morgan fingerprint density at radius 3 is 2.38 bits per heavy atom. The van der Waals surface area contributed by atoms with Gasteiger partial charge in [0.05, 0.1) is 46.7 Å². The van der Waals surface area contributed by atoms with Gasteiger partial charge in [-0.25, -0.2) is 9.29 Å². The number of carbonyl (C=O) groups is 4. The lowest BCUT2D eigenvalue weighted by molar-refractivity contribution is -0.132. The summed E-state index contributed by atoms with van der Waals surface area (Å²) >= 11 is 8.24. The molecule has 240 valence electrons. The quantitative estimate of drug-likeness (QED) is 0.175. The molecule has 8 nitrogen and oxygen atoms in total. The van der Waals surface area contributed by atoms with Crippen LogP contribution in [0.4, 0.5) is 15.8 Å². The molecule has 0 unspecified atom stereocenters. The summed E-state index contributed by atoms with van der Waals surface area (Å²) in [5, 5.41) is 9.90. The minimum Gasteiger partial charge on any atom is -0.504 e. The Bertz CT molecular complexity index is 1930. The van der Waals surface area contributed by atoms with E-state index in [0.29, 0.717) is 17.7 Å². The zero-order valence-corrected chi connectivity index (χ0v) is 28.2. The smallest absolute Gasteiger partial charge is 0.241 e. The molecule has 3 fully saturated rings. The third-order valence-corrected chi connectivity index (χ3v) is 11.3. The maximum absolute atomic E-state index is 14.4. The fourth-order valence-electron chi connectivity index (χ4n) is 7.94. The Morgan fingerprint density at radius 1 is 0.957 bits per heavy atom. The van der Waals surface area contributed by atoms with Gasteiger partial charge in [-0.15, -0.1) is 0 Å². The predicted octanol–water partition coefficient (Wildman–Crippen LogP) is 6.78. The molecule has 2 saturated heterocycles. The summed E-state index contributed by atoms with van der Waals surface area (Å²) in [4.78, 5) is 58.9. The second-order valence-electron chi connectivity index (χ2n) is 12.6. The van der Waals surface area contributed by atoms with E-state index in [1.54, 1.807) is 37.3 Å². The lowest BCUT2D eigenvalue weighted by Crippen LogP contribution is -2.49. The number of allylic oxidation sites excluding steroid dienone is 3. The van der Waals surface area contributed by atoms with Gasteiger partial charge >= 0.3 is 0 Å². The van der Waals surface area contributed by atoms with Crippen LogP contribution in [0.15, 0.2) is 78.4 Å². The summed E-state index contributed by atoms with van der Waals surface area (Å²) in [5.74, 6) is -5.16. The minimum absolute atomic E-state index is 0.0253. The normalized spacial score (nSPS) is 28.4. The number of hydrogen-bond donors (Lipinski definition) is 1. The molecule has 0 spiro atoms. The Kier molecular flexibility index (Phi) is 7.78. The maximum Gasteiger partial charge on any atom is 0.241 e. The van der Waals surface area contributed by atoms with Gasteiger partial charge in [0.15, 0.2) is 11.5 Å². The van der Waals surface area contributed by atoms with Gasteiger partial charge < -0.3 is 9.84 Å². The summed E-state index contributed by atoms with van der Waals surface area (Å²) < 4.78 is 20.3. The van der Waals surface area contributed by atoms with Gasteiger partial charge in [0.2, 0.25) is 23.6 Å². The van der Waals surface area contributed by atoms with Gasteiger partial charge in [-0.1, -0.05) is 41.5 Å². The molecule has 6 atom stereocenters. The van der Waals surface area contributed by atoms with Gasteiger partial charge in [0, 0.05) is 9.49 Å². The molecule has 3 aromatic rings. The second-order valence-corrected chi connectivity index (χ2v) is 14.2. The minimum atomic E-state index is -1.26. The third kappa shape index (κ3) is 4.82. The van der Waals surface area contributed by atoms with Crippen molar-refractivity contribution in [1.82, 2.24) is 0 Å². The SMILES string of the molecule is COc1cc(C=C[C@H]2C3=CC[C@@H]4C(=O)N(c5ccc(I)cc5)C(=O)[C@@H]4[C@@H]3C[C@H]3C(=O)N(c4ccc(F)c(Cl)c4)C(=O)[C@@]23C)ccc1O.